The lowest BCUT2D eigenvalue weighted by atomic mass is 9.87. The molecule has 0 radical (unpaired) electrons. The first-order chi connectivity index (χ1) is 13.0. The molecule has 0 spiro atoms. The highest BCUT2D eigenvalue weighted by molar-refractivity contribution is 6.33. The van der Waals surface area contributed by atoms with Crippen molar-refractivity contribution in [1.82, 2.24) is 9.97 Å². The van der Waals surface area contributed by atoms with Crippen molar-refractivity contribution >= 4 is 28.5 Å². The van der Waals surface area contributed by atoms with Crippen molar-refractivity contribution in [2.75, 3.05) is 5.32 Å². The number of pyridine rings is 1. The van der Waals surface area contributed by atoms with Crippen LogP contribution in [0.5, 0.6) is 0 Å². The number of anilines is 1. The van der Waals surface area contributed by atoms with E-state index in [1.807, 2.05) is 27.7 Å². The standard InChI is InChI=1S/C19H18ClF3N4O/c1-9(19(2,3)4)25-15-14(13-11(22)7-10(21)8-12(13)23)17(20)26-18-16(15)24-5-6-27(18)28/h5-9H,1-4H3,(H,25,26). The van der Waals surface area contributed by atoms with Gasteiger partial charge in [-0.2, -0.15) is 0 Å². The lowest BCUT2D eigenvalue weighted by molar-refractivity contribution is -0.579. The zero-order valence-electron chi connectivity index (χ0n) is 15.6. The fourth-order valence-electron chi connectivity index (χ4n) is 2.63. The van der Waals surface area contributed by atoms with Gasteiger partial charge in [-0.15, -0.1) is 0 Å². The number of nitrogens with one attached hydrogen (secondary N) is 1. The van der Waals surface area contributed by atoms with E-state index >= 15 is 0 Å². The molecule has 3 aromatic rings. The molecule has 1 aromatic carbocycles. The average Bonchev–Trinajstić information content (AvgIpc) is 2.56. The smallest absolute Gasteiger partial charge is 0.355 e. The second-order valence-electron chi connectivity index (χ2n) is 7.55. The SMILES string of the molecule is CC(Nc1c(-c2c(F)cc(F)cc2F)c(Cl)nc2c1ncc[n+]2[O-])C(C)(C)C. The molecule has 0 saturated heterocycles. The van der Waals surface area contributed by atoms with Crippen LogP contribution in [0.25, 0.3) is 22.3 Å². The number of rotatable bonds is 3. The quantitative estimate of drug-likeness (QED) is 0.381. The Balaban J connectivity index is 2.40. The van der Waals surface area contributed by atoms with Crippen molar-refractivity contribution in [2.24, 2.45) is 5.41 Å². The summed E-state index contributed by atoms with van der Waals surface area (Å²) in [4.78, 5) is 8.13. The number of nitrogens with zero attached hydrogens (tertiary/aromatic N) is 3. The Hall–Kier alpha value is -2.61. The van der Waals surface area contributed by atoms with Crippen LogP contribution in [-0.2, 0) is 0 Å². The molecule has 1 atom stereocenters. The van der Waals surface area contributed by atoms with Crippen LogP contribution in [0.15, 0.2) is 24.5 Å². The van der Waals surface area contributed by atoms with Crippen LogP contribution >= 0.6 is 11.6 Å². The van der Waals surface area contributed by atoms with Gasteiger partial charge in [0.25, 0.3) is 5.15 Å². The summed E-state index contributed by atoms with van der Waals surface area (Å²) in [5.41, 5.74) is -0.793. The minimum Gasteiger partial charge on any atom is -0.710 e. The fraction of sp³-hybridized carbons (Fsp3) is 0.316. The van der Waals surface area contributed by atoms with Gasteiger partial charge in [-0.25, -0.2) is 22.9 Å². The first kappa shape index (κ1) is 20.1. The van der Waals surface area contributed by atoms with Crippen LogP contribution in [0.2, 0.25) is 5.15 Å². The van der Waals surface area contributed by atoms with Gasteiger partial charge in [0, 0.05) is 18.2 Å². The van der Waals surface area contributed by atoms with E-state index in [4.69, 9.17) is 11.6 Å². The summed E-state index contributed by atoms with van der Waals surface area (Å²) in [7, 11) is 0. The highest BCUT2D eigenvalue weighted by Crippen LogP contribution is 2.41. The maximum atomic E-state index is 14.5. The second kappa shape index (κ2) is 7.09. The maximum Gasteiger partial charge on any atom is 0.355 e. The van der Waals surface area contributed by atoms with E-state index in [1.165, 1.54) is 6.20 Å². The molecule has 0 amide bonds. The van der Waals surface area contributed by atoms with E-state index < -0.39 is 23.0 Å². The van der Waals surface area contributed by atoms with E-state index in [1.54, 1.807) is 0 Å². The van der Waals surface area contributed by atoms with Crippen molar-refractivity contribution in [3.63, 3.8) is 0 Å². The second-order valence-corrected chi connectivity index (χ2v) is 7.91. The Bertz CT molecular complexity index is 1050. The molecule has 0 aliphatic heterocycles. The number of benzene rings is 1. The van der Waals surface area contributed by atoms with Gasteiger partial charge < -0.3 is 10.5 Å². The molecular formula is C19H18ClF3N4O. The Labute approximate surface area is 164 Å². The maximum absolute atomic E-state index is 14.5. The molecule has 0 fully saturated rings. The molecule has 0 aliphatic carbocycles. The minimum atomic E-state index is -1.14. The summed E-state index contributed by atoms with van der Waals surface area (Å²) in [6.07, 6.45) is 2.39. The van der Waals surface area contributed by atoms with Crippen molar-refractivity contribution < 1.29 is 17.9 Å². The lowest BCUT2D eigenvalue weighted by Gasteiger charge is -2.30. The molecule has 3 rings (SSSR count). The van der Waals surface area contributed by atoms with Crippen LogP contribution in [0.1, 0.15) is 27.7 Å². The average molecular weight is 411 g/mol. The molecule has 0 aliphatic rings. The normalized spacial score (nSPS) is 13.0. The predicted octanol–water partition coefficient (Wildman–Crippen LogP) is 4.85. The third kappa shape index (κ3) is 3.56. The van der Waals surface area contributed by atoms with Gasteiger partial charge in [0.2, 0.25) is 0 Å². The first-order valence-electron chi connectivity index (χ1n) is 8.49. The van der Waals surface area contributed by atoms with Crippen molar-refractivity contribution in [2.45, 2.75) is 33.7 Å². The summed E-state index contributed by atoms with van der Waals surface area (Å²) in [6.45, 7) is 7.77. The van der Waals surface area contributed by atoms with Crippen LogP contribution < -0.4 is 10.0 Å². The fourth-order valence-corrected chi connectivity index (χ4v) is 2.90. The zero-order valence-corrected chi connectivity index (χ0v) is 16.4. The van der Waals surface area contributed by atoms with Gasteiger partial charge in [-0.3, -0.25) is 0 Å². The summed E-state index contributed by atoms with van der Waals surface area (Å²) in [5.74, 6) is -3.34. The predicted molar refractivity (Wildman–Crippen MR) is 101 cm³/mol. The number of aromatic nitrogens is 3. The summed E-state index contributed by atoms with van der Waals surface area (Å²) in [5, 5.41) is 15.0. The van der Waals surface area contributed by atoms with Crippen molar-refractivity contribution in [1.29, 1.82) is 0 Å². The number of halogens is 4. The zero-order chi connectivity index (χ0) is 20.8. The third-order valence-corrected chi connectivity index (χ3v) is 4.91. The monoisotopic (exact) mass is 410 g/mol. The molecule has 28 heavy (non-hydrogen) atoms. The van der Waals surface area contributed by atoms with E-state index in [9.17, 15) is 18.4 Å². The Morgan fingerprint density at radius 1 is 1.14 bits per heavy atom. The molecular weight excluding hydrogens is 393 g/mol. The molecule has 0 bridgehead atoms. The molecule has 2 heterocycles. The Kier molecular flexibility index (Phi) is 5.10. The molecule has 148 valence electrons. The largest absolute Gasteiger partial charge is 0.710 e. The number of hydrogen-bond acceptors (Lipinski definition) is 4. The van der Waals surface area contributed by atoms with Gasteiger partial charge in [0.15, 0.2) is 5.52 Å². The van der Waals surface area contributed by atoms with Crippen LogP contribution in [0.3, 0.4) is 0 Å². The van der Waals surface area contributed by atoms with Crippen LogP contribution in [-0.4, -0.2) is 16.0 Å². The van der Waals surface area contributed by atoms with Gasteiger partial charge >= 0.3 is 5.65 Å². The molecule has 1 N–H and O–H groups in total. The van der Waals surface area contributed by atoms with E-state index in [0.29, 0.717) is 16.9 Å². The number of hydrogen-bond donors (Lipinski definition) is 1. The Morgan fingerprint density at radius 2 is 1.75 bits per heavy atom. The summed E-state index contributed by atoms with van der Waals surface area (Å²) >= 11 is 6.24. The summed E-state index contributed by atoms with van der Waals surface area (Å²) < 4.78 is 42.9. The van der Waals surface area contributed by atoms with E-state index in [-0.39, 0.29) is 39.0 Å². The topological polar surface area (TPSA) is 64.8 Å². The highest BCUT2D eigenvalue weighted by Gasteiger charge is 2.30. The van der Waals surface area contributed by atoms with Gasteiger partial charge in [0.05, 0.1) is 23.0 Å². The van der Waals surface area contributed by atoms with Crippen LogP contribution in [0.4, 0.5) is 18.9 Å². The van der Waals surface area contributed by atoms with Crippen molar-refractivity contribution in [3.8, 4) is 11.1 Å². The molecule has 5 nitrogen and oxygen atoms in total. The molecule has 0 saturated carbocycles. The van der Waals surface area contributed by atoms with Crippen LogP contribution in [0, 0.1) is 28.1 Å². The van der Waals surface area contributed by atoms with Gasteiger partial charge in [-0.1, -0.05) is 20.8 Å². The minimum absolute atomic E-state index is 0.0936. The van der Waals surface area contributed by atoms with E-state index in [2.05, 4.69) is 15.3 Å². The lowest BCUT2D eigenvalue weighted by Crippen LogP contribution is -2.32. The third-order valence-electron chi connectivity index (χ3n) is 4.64. The molecule has 9 heteroatoms. The summed E-state index contributed by atoms with van der Waals surface area (Å²) in [6, 6.07) is 0.908. The van der Waals surface area contributed by atoms with Gasteiger partial charge in [-0.05, 0) is 28.9 Å². The van der Waals surface area contributed by atoms with E-state index in [0.717, 1.165) is 6.20 Å². The van der Waals surface area contributed by atoms with Crippen molar-refractivity contribution in [3.05, 3.63) is 52.3 Å². The molecule has 2 aromatic heterocycles. The Morgan fingerprint density at radius 3 is 2.32 bits per heavy atom. The number of fused-ring (bicyclic) bond motifs is 1. The first-order valence-corrected chi connectivity index (χ1v) is 8.87. The highest BCUT2D eigenvalue weighted by atomic mass is 35.5. The van der Waals surface area contributed by atoms with Gasteiger partial charge in [0.1, 0.15) is 23.6 Å². The molecule has 1 unspecified atom stereocenters.